The number of hydrogen-bond donors (Lipinski definition) is 0. The van der Waals surface area contributed by atoms with E-state index >= 15 is 0 Å². The second-order valence-electron chi connectivity index (χ2n) is 6.91. The highest BCUT2D eigenvalue weighted by atomic mass is 19.1. The Morgan fingerprint density at radius 3 is 2.04 bits per heavy atom. The number of rotatable bonds is 4. The molecule has 24 heavy (non-hydrogen) atoms. The summed E-state index contributed by atoms with van der Waals surface area (Å²) in [6.45, 7) is 2.04. The van der Waals surface area contributed by atoms with E-state index in [-0.39, 0.29) is 5.82 Å². The molecule has 1 aliphatic carbocycles. The Labute approximate surface area is 143 Å². The predicted octanol–water partition coefficient (Wildman–Crippen LogP) is 6.42. The molecule has 1 heteroatoms. The summed E-state index contributed by atoms with van der Waals surface area (Å²) in [4.78, 5) is 0. The van der Waals surface area contributed by atoms with Crippen LogP contribution in [0, 0.1) is 18.7 Å². The van der Waals surface area contributed by atoms with Crippen molar-refractivity contribution in [3.8, 4) is 22.3 Å². The Hall–Kier alpha value is -2.41. The first-order valence-electron chi connectivity index (χ1n) is 8.65. The van der Waals surface area contributed by atoms with Gasteiger partial charge in [-0.15, -0.1) is 0 Å². The van der Waals surface area contributed by atoms with E-state index in [1.54, 1.807) is 6.07 Å². The molecule has 0 saturated heterocycles. The second-order valence-corrected chi connectivity index (χ2v) is 6.91. The second kappa shape index (κ2) is 6.24. The number of aryl methyl sites for hydroxylation is 1. The van der Waals surface area contributed by atoms with Crippen molar-refractivity contribution in [3.63, 3.8) is 0 Å². The summed E-state index contributed by atoms with van der Waals surface area (Å²) in [6.07, 6.45) is 3.92. The SMILES string of the molecule is Cc1ccc(-c2ccc(-c3ccc(CC4CC4)cc3)cc2F)cc1. The molecular weight excluding hydrogens is 295 g/mol. The fraction of sp³-hybridized carbons (Fsp3) is 0.217. The maximum atomic E-state index is 14.6. The molecule has 0 nitrogen and oxygen atoms in total. The van der Waals surface area contributed by atoms with Gasteiger partial charge in [0.2, 0.25) is 0 Å². The Bertz CT molecular complexity index is 840. The van der Waals surface area contributed by atoms with Crippen molar-refractivity contribution in [1.82, 2.24) is 0 Å². The highest BCUT2D eigenvalue weighted by Gasteiger charge is 2.21. The largest absolute Gasteiger partial charge is 0.206 e. The Morgan fingerprint density at radius 2 is 1.42 bits per heavy atom. The minimum Gasteiger partial charge on any atom is -0.206 e. The molecule has 0 atom stereocenters. The van der Waals surface area contributed by atoms with E-state index < -0.39 is 0 Å². The highest BCUT2D eigenvalue weighted by molar-refractivity contribution is 5.71. The highest BCUT2D eigenvalue weighted by Crippen LogP contribution is 2.33. The molecule has 0 amide bonds. The molecular formula is C23H21F. The van der Waals surface area contributed by atoms with Gasteiger partial charge >= 0.3 is 0 Å². The van der Waals surface area contributed by atoms with Crippen LogP contribution in [0.4, 0.5) is 4.39 Å². The molecule has 0 radical (unpaired) electrons. The smallest absolute Gasteiger partial charge is 0.131 e. The molecule has 3 aromatic rings. The normalized spacial score (nSPS) is 13.9. The standard InChI is InChI=1S/C23H21F/c1-16-2-8-20(9-3-16)22-13-12-21(15-23(22)24)19-10-6-18(7-11-19)14-17-4-5-17/h2-3,6-13,15,17H,4-5,14H2,1H3. The van der Waals surface area contributed by atoms with Crippen LogP contribution >= 0.6 is 0 Å². The van der Waals surface area contributed by atoms with Crippen LogP contribution in [0.5, 0.6) is 0 Å². The van der Waals surface area contributed by atoms with Crippen LogP contribution in [0.25, 0.3) is 22.3 Å². The zero-order valence-corrected chi connectivity index (χ0v) is 13.9. The van der Waals surface area contributed by atoms with Crippen molar-refractivity contribution in [1.29, 1.82) is 0 Å². The van der Waals surface area contributed by atoms with Gasteiger partial charge in [0.05, 0.1) is 0 Å². The predicted molar refractivity (Wildman–Crippen MR) is 98.4 cm³/mol. The lowest BCUT2D eigenvalue weighted by Crippen LogP contribution is -1.89. The van der Waals surface area contributed by atoms with Gasteiger partial charge in [-0.25, -0.2) is 4.39 Å². The van der Waals surface area contributed by atoms with Crippen LogP contribution in [0.15, 0.2) is 66.7 Å². The maximum absolute atomic E-state index is 14.6. The third-order valence-electron chi connectivity index (χ3n) is 4.84. The zero-order chi connectivity index (χ0) is 16.5. The molecule has 120 valence electrons. The molecule has 1 aliphatic rings. The van der Waals surface area contributed by atoms with E-state index in [2.05, 4.69) is 24.3 Å². The van der Waals surface area contributed by atoms with Gasteiger partial charge in [-0.05, 0) is 60.4 Å². The Balaban J connectivity index is 1.59. The first-order valence-corrected chi connectivity index (χ1v) is 8.65. The monoisotopic (exact) mass is 316 g/mol. The minimum absolute atomic E-state index is 0.168. The quantitative estimate of drug-likeness (QED) is 0.521. The van der Waals surface area contributed by atoms with Crippen LogP contribution < -0.4 is 0 Å². The van der Waals surface area contributed by atoms with Gasteiger partial charge in [-0.1, -0.05) is 66.2 Å². The number of halogens is 1. The summed E-state index contributed by atoms with van der Waals surface area (Å²) < 4.78 is 14.6. The van der Waals surface area contributed by atoms with Crippen molar-refractivity contribution in [2.24, 2.45) is 5.92 Å². The lowest BCUT2D eigenvalue weighted by atomic mass is 9.98. The molecule has 4 rings (SSSR count). The van der Waals surface area contributed by atoms with Crippen molar-refractivity contribution >= 4 is 0 Å². The molecule has 0 spiro atoms. The summed E-state index contributed by atoms with van der Waals surface area (Å²) in [7, 11) is 0. The van der Waals surface area contributed by atoms with E-state index in [1.807, 2.05) is 43.3 Å². The van der Waals surface area contributed by atoms with Crippen molar-refractivity contribution < 1.29 is 4.39 Å². The van der Waals surface area contributed by atoms with E-state index in [0.717, 1.165) is 22.6 Å². The van der Waals surface area contributed by atoms with Crippen molar-refractivity contribution in [2.75, 3.05) is 0 Å². The van der Waals surface area contributed by atoms with Crippen LogP contribution in [-0.2, 0) is 6.42 Å². The lowest BCUT2D eigenvalue weighted by Gasteiger charge is -2.08. The van der Waals surface area contributed by atoms with Gasteiger partial charge in [0.15, 0.2) is 0 Å². The van der Waals surface area contributed by atoms with E-state index in [9.17, 15) is 4.39 Å². The van der Waals surface area contributed by atoms with E-state index in [0.29, 0.717) is 5.56 Å². The maximum Gasteiger partial charge on any atom is 0.131 e. The minimum atomic E-state index is -0.168. The molecule has 0 N–H and O–H groups in total. The van der Waals surface area contributed by atoms with Gasteiger partial charge in [0, 0.05) is 5.56 Å². The first-order chi connectivity index (χ1) is 11.7. The summed E-state index contributed by atoms with van der Waals surface area (Å²) in [5, 5.41) is 0. The van der Waals surface area contributed by atoms with E-state index in [1.165, 1.54) is 30.4 Å². The molecule has 1 saturated carbocycles. The fourth-order valence-corrected chi connectivity index (χ4v) is 3.15. The van der Waals surface area contributed by atoms with Crippen molar-refractivity contribution in [2.45, 2.75) is 26.2 Å². The number of benzene rings is 3. The first kappa shape index (κ1) is 15.1. The van der Waals surface area contributed by atoms with Crippen LogP contribution in [0.1, 0.15) is 24.0 Å². The van der Waals surface area contributed by atoms with Gasteiger partial charge in [-0.2, -0.15) is 0 Å². The van der Waals surface area contributed by atoms with Gasteiger partial charge in [-0.3, -0.25) is 0 Å². The molecule has 0 heterocycles. The Kier molecular flexibility index (Phi) is 3.93. The zero-order valence-electron chi connectivity index (χ0n) is 13.9. The third-order valence-corrected chi connectivity index (χ3v) is 4.84. The number of hydrogen-bond acceptors (Lipinski definition) is 0. The molecule has 1 fully saturated rings. The third kappa shape index (κ3) is 3.26. The summed E-state index contributed by atoms with van der Waals surface area (Å²) in [6, 6.07) is 22.1. The fourth-order valence-electron chi connectivity index (χ4n) is 3.15. The topological polar surface area (TPSA) is 0 Å². The molecule has 0 aromatic heterocycles. The van der Waals surface area contributed by atoms with Gasteiger partial charge < -0.3 is 0 Å². The molecule has 0 bridgehead atoms. The molecule has 0 aliphatic heterocycles. The summed E-state index contributed by atoms with van der Waals surface area (Å²) >= 11 is 0. The van der Waals surface area contributed by atoms with Gasteiger partial charge in [0.25, 0.3) is 0 Å². The van der Waals surface area contributed by atoms with E-state index in [4.69, 9.17) is 0 Å². The molecule has 0 unspecified atom stereocenters. The van der Waals surface area contributed by atoms with Crippen LogP contribution in [-0.4, -0.2) is 0 Å². The Morgan fingerprint density at radius 1 is 0.792 bits per heavy atom. The lowest BCUT2D eigenvalue weighted by molar-refractivity contribution is 0.632. The van der Waals surface area contributed by atoms with Gasteiger partial charge in [0.1, 0.15) is 5.82 Å². The van der Waals surface area contributed by atoms with Crippen LogP contribution in [0.3, 0.4) is 0 Å². The molecule has 3 aromatic carbocycles. The summed E-state index contributed by atoms with van der Waals surface area (Å²) in [5.74, 6) is 0.723. The summed E-state index contributed by atoms with van der Waals surface area (Å²) in [5.41, 5.74) is 6.15. The average Bonchev–Trinajstić information content (AvgIpc) is 3.40. The van der Waals surface area contributed by atoms with Crippen molar-refractivity contribution in [3.05, 3.63) is 83.7 Å². The average molecular weight is 316 g/mol. The van der Waals surface area contributed by atoms with Crippen LogP contribution in [0.2, 0.25) is 0 Å².